The smallest absolute Gasteiger partial charge is 0.165 e. The fraction of sp³-hybridized carbons (Fsp3) is 0.227. The van der Waals surface area contributed by atoms with E-state index in [0.717, 1.165) is 34.7 Å². The van der Waals surface area contributed by atoms with Gasteiger partial charge in [0.05, 0.1) is 11.6 Å². The topological polar surface area (TPSA) is 56.5 Å². The summed E-state index contributed by atoms with van der Waals surface area (Å²) in [4.78, 5) is 4.67. The second-order valence-corrected chi connectivity index (χ2v) is 8.05. The van der Waals surface area contributed by atoms with E-state index < -0.39 is 0 Å². The average Bonchev–Trinajstić information content (AvgIpc) is 2.99. The van der Waals surface area contributed by atoms with Crippen molar-refractivity contribution in [3.8, 4) is 28.0 Å². The summed E-state index contributed by atoms with van der Waals surface area (Å²) < 4.78 is 5.85. The number of aromatic hydroxyl groups is 1. The Labute approximate surface area is 162 Å². The maximum Gasteiger partial charge on any atom is 0.165 e. The van der Waals surface area contributed by atoms with Crippen LogP contribution in [0.5, 0.6) is 11.5 Å². The van der Waals surface area contributed by atoms with Crippen LogP contribution in [-0.2, 0) is 13.1 Å². The van der Waals surface area contributed by atoms with Gasteiger partial charge in [-0.05, 0) is 54.4 Å². The summed E-state index contributed by atoms with van der Waals surface area (Å²) in [6.07, 6.45) is 0. The number of hydrogen-bond donors (Lipinski definition) is 1. The molecule has 136 valence electrons. The lowest BCUT2D eigenvalue weighted by Gasteiger charge is -2.19. The van der Waals surface area contributed by atoms with E-state index >= 15 is 0 Å². The van der Waals surface area contributed by atoms with Crippen LogP contribution >= 0.6 is 11.3 Å². The van der Waals surface area contributed by atoms with E-state index in [-0.39, 0.29) is 5.75 Å². The fourth-order valence-corrected chi connectivity index (χ4v) is 4.27. The van der Waals surface area contributed by atoms with Gasteiger partial charge in [-0.15, -0.1) is 11.3 Å². The number of phenols is 1. The third-order valence-electron chi connectivity index (χ3n) is 4.68. The summed E-state index contributed by atoms with van der Waals surface area (Å²) >= 11 is 1.72. The Morgan fingerprint density at radius 3 is 2.89 bits per heavy atom. The minimum Gasteiger partial charge on any atom is -0.504 e. The molecule has 0 bridgehead atoms. The Morgan fingerprint density at radius 2 is 2.11 bits per heavy atom. The van der Waals surface area contributed by atoms with Gasteiger partial charge in [-0.3, -0.25) is 4.90 Å². The van der Waals surface area contributed by atoms with Crippen molar-refractivity contribution in [3.05, 3.63) is 70.1 Å². The number of phenolic OH excluding ortho intramolecular Hbond substituents is 1. The zero-order valence-corrected chi connectivity index (χ0v) is 15.9. The van der Waals surface area contributed by atoms with Gasteiger partial charge in [0.1, 0.15) is 6.61 Å². The second-order valence-electron chi connectivity index (χ2n) is 6.77. The van der Waals surface area contributed by atoms with Gasteiger partial charge in [0.15, 0.2) is 11.5 Å². The molecule has 0 aliphatic carbocycles. The van der Waals surface area contributed by atoms with Gasteiger partial charge in [-0.2, -0.15) is 5.26 Å². The highest BCUT2D eigenvalue weighted by Gasteiger charge is 2.20. The van der Waals surface area contributed by atoms with Crippen molar-refractivity contribution in [3.63, 3.8) is 0 Å². The molecule has 0 unspecified atom stereocenters. The highest BCUT2D eigenvalue weighted by Crippen LogP contribution is 2.39. The summed E-state index contributed by atoms with van der Waals surface area (Å²) in [6, 6.07) is 18.0. The van der Waals surface area contributed by atoms with Crippen molar-refractivity contribution < 1.29 is 9.84 Å². The SMILES string of the molecule is Cc1ccc(-c2cc(O)c3c(c2)CN(Cc2cccc(C#N)c2)CCO3)s1. The molecule has 4 nitrogen and oxygen atoms in total. The van der Waals surface area contributed by atoms with Crippen molar-refractivity contribution in [1.29, 1.82) is 5.26 Å². The van der Waals surface area contributed by atoms with Crippen molar-refractivity contribution >= 4 is 11.3 Å². The van der Waals surface area contributed by atoms with Crippen LogP contribution < -0.4 is 4.74 Å². The monoisotopic (exact) mass is 376 g/mol. The zero-order valence-electron chi connectivity index (χ0n) is 15.1. The van der Waals surface area contributed by atoms with Crippen molar-refractivity contribution in [2.24, 2.45) is 0 Å². The summed E-state index contributed by atoms with van der Waals surface area (Å²) in [7, 11) is 0. The molecule has 1 aliphatic rings. The zero-order chi connectivity index (χ0) is 18.8. The molecule has 0 saturated carbocycles. The van der Waals surface area contributed by atoms with E-state index in [4.69, 9.17) is 10.00 Å². The molecule has 1 aliphatic heterocycles. The van der Waals surface area contributed by atoms with Gasteiger partial charge >= 0.3 is 0 Å². The summed E-state index contributed by atoms with van der Waals surface area (Å²) in [6.45, 7) is 4.80. The standard InChI is InChI=1S/C22H20N2O2S/c1-15-5-6-21(27-15)18-10-19-14-24(7-8-26-22(19)20(25)11-18)13-17-4-2-3-16(9-17)12-23/h2-6,9-11,25H,7-8,13-14H2,1H3. The first-order chi connectivity index (χ1) is 13.1. The normalized spacial score (nSPS) is 14.1. The number of rotatable bonds is 3. The predicted molar refractivity (Wildman–Crippen MR) is 107 cm³/mol. The minimum atomic E-state index is 0.196. The molecule has 27 heavy (non-hydrogen) atoms. The fourth-order valence-electron chi connectivity index (χ4n) is 3.42. The Morgan fingerprint density at radius 1 is 1.22 bits per heavy atom. The van der Waals surface area contributed by atoms with Crippen LogP contribution in [0.3, 0.4) is 0 Å². The molecule has 2 aromatic carbocycles. The first kappa shape index (κ1) is 17.6. The third kappa shape index (κ3) is 3.82. The van der Waals surface area contributed by atoms with Crippen LogP contribution in [0.1, 0.15) is 21.6 Å². The molecular weight excluding hydrogens is 356 g/mol. The number of benzene rings is 2. The molecule has 1 aromatic heterocycles. The molecule has 4 rings (SSSR count). The lowest BCUT2D eigenvalue weighted by molar-refractivity contribution is 0.217. The van der Waals surface area contributed by atoms with Gasteiger partial charge in [0.25, 0.3) is 0 Å². The number of hydrogen-bond acceptors (Lipinski definition) is 5. The van der Waals surface area contributed by atoms with Crippen LogP contribution in [0.4, 0.5) is 0 Å². The molecule has 0 radical (unpaired) electrons. The Kier molecular flexibility index (Phi) is 4.85. The Hall–Kier alpha value is -2.81. The van der Waals surface area contributed by atoms with Crippen LogP contribution in [0.25, 0.3) is 10.4 Å². The van der Waals surface area contributed by atoms with Gasteiger partial charge < -0.3 is 9.84 Å². The molecule has 0 saturated heterocycles. The number of fused-ring (bicyclic) bond motifs is 1. The van der Waals surface area contributed by atoms with Gasteiger partial charge in [-0.25, -0.2) is 0 Å². The first-order valence-electron chi connectivity index (χ1n) is 8.89. The highest BCUT2D eigenvalue weighted by molar-refractivity contribution is 7.15. The lowest BCUT2D eigenvalue weighted by atomic mass is 10.1. The molecule has 0 amide bonds. The van der Waals surface area contributed by atoms with E-state index in [1.54, 1.807) is 17.4 Å². The van der Waals surface area contributed by atoms with E-state index in [0.29, 0.717) is 24.5 Å². The molecule has 2 heterocycles. The molecule has 0 spiro atoms. The van der Waals surface area contributed by atoms with Crippen LogP contribution in [0, 0.1) is 18.3 Å². The largest absolute Gasteiger partial charge is 0.504 e. The molecule has 5 heteroatoms. The van der Waals surface area contributed by atoms with Gasteiger partial charge in [0.2, 0.25) is 0 Å². The summed E-state index contributed by atoms with van der Waals surface area (Å²) in [5.74, 6) is 0.780. The van der Waals surface area contributed by atoms with Crippen LogP contribution in [0.2, 0.25) is 0 Å². The van der Waals surface area contributed by atoms with Crippen LogP contribution in [-0.4, -0.2) is 23.2 Å². The molecular formula is C22H20N2O2S. The van der Waals surface area contributed by atoms with Gasteiger partial charge in [-0.1, -0.05) is 12.1 Å². The minimum absolute atomic E-state index is 0.196. The van der Waals surface area contributed by atoms with E-state index in [9.17, 15) is 5.11 Å². The summed E-state index contributed by atoms with van der Waals surface area (Å²) in [5, 5.41) is 19.6. The number of nitrogens with zero attached hydrogens (tertiary/aromatic N) is 2. The molecule has 0 fully saturated rings. The van der Waals surface area contributed by atoms with E-state index in [1.165, 1.54) is 4.88 Å². The molecule has 1 N–H and O–H groups in total. The van der Waals surface area contributed by atoms with E-state index in [2.05, 4.69) is 36.1 Å². The quantitative estimate of drug-likeness (QED) is 0.720. The molecule has 3 aromatic rings. The van der Waals surface area contributed by atoms with Crippen molar-refractivity contribution in [2.45, 2.75) is 20.0 Å². The number of aryl methyl sites for hydroxylation is 1. The summed E-state index contributed by atoms with van der Waals surface area (Å²) in [5.41, 5.74) is 3.78. The average molecular weight is 376 g/mol. The first-order valence-corrected chi connectivity index (χ1v) is 9.71. The lowest BCUT2D eigenvalue weighted by Crippen LogP contribution is -2.25. The highest BCUT2D eigenvalue weighted by atomic mass is 32.1. The maximum atomic E-state index is 10.5. The second kappa shape index (κ2) is 7.43. The number of ether oxygens (including phenoxy) is 1. The number of nitriles is 1. The number of thiophene rings is 1. The van der Waals surface area contributed by atoms with Gasteiger partial charge in [0, 0.05) is 35.0 Å². The Balaban J connectivity index is 1.62. The Bertz CT molecular complexity index is 1020. The van der Waals surface area contributed by atoms with Crippen molar-refractivity contribution in [1.82, 2.24) is 4.90 Å². The molecule has 0 atom stereocenters. The van der Waals surface area contributed by atoms with Crippen LogP contribution in [0.15, 0.2) is 48.5 Å². The maximum absolute atomic E-state index is 10.5. The predicted octanol–water partition coefficient (Wildman–Crippen LogP) is 4.70. The van der Waals surface area contributed by atoms with Crippen molar-refractivity contribution in [2.75, 3.05) is 13.2 Å². The third-order valence-corrected chi connectivity index (χ3v) is 5.73. The van der Waals surface area contributed by atoms with E-state index in [1.807, 2.05) is 24.3 Å².